The molecular formula is C13H15N3O. The molecule has 1 aromatic rings. The zero-order valence-corrected chi connectivity index (χ0v) is 10.3. The Hall–Kier alpha value is -2.02. The van der Waals surface area contributed by atoms with Crippen LogP contribution in [0.15, 0.2) is 24.3 Å². The fourth-order valence-electron chi connectivity index (χ4n) is 2.13. The zero-order chi connectivity index (χ0) is 12.6. The van der Waals surface area contributed by atoms with Crippen molar-refractivity contribution in [2.75, 3.05) is 23.4 Å². The van der Waals surface area contributed by atoms with Crippen LogP contribution in [0.2, 0.25) is 0 Å². The monoisotopic (exact) mass is 229 g/mol. The molecule has 0 fully saturated rings. The van der Waals surface area contributed by atoms with Crippen LogP contribution in [0.25, 0.3) is 0 Å². The van der Waals surface area contributed by atoms with Crippen molar-refractivity contribution in [3.8, 4) is 6.07 Å². The van der Waals surface area contributed by atoms with Crippen LogP contribution < -0.4 is 9.80 Å². The van der Waals surface area contributed by atoms with Crippen molar-refractivity contribution in [3.63, 3.8) is 0 Å². The first kappa shape index (κ1) is 11.5. The number of carbonyl (C=O) groups excluding carboxylic acids is 1. The molecule has 0 spiro atoms. The number of nitrogens with zero attached hydrogens (tertiary/aromatic N) is 3. The van der Waals surface area contributed by atoms with E-state index >= 15 is 0 Å². The number of rotatable bonds is 1. The highest BCUT2D eigenvalue weighted by atomic mass is 16.2. The largest absolute Gasteiger partial charge is 0.364 e. The van der Waals surface area contributed by atoms with E-state index in [0.717, 1.165) is 11.4 Å². The Morgan fingerprint density at radius 3 is 2.47 bits per heavy atom. The van der Waals surface area contributed by atoms with Crippen LogP contribution in [0, 0.1) is 11.3 Å². The molecule has 0 bridgehead atoms. The number of fused-ring (bicyclic) bond motifs is 1. The highest BCUT2D eigenvalue weighted by molar-refractivity contribution is 6.04. The smallest absolute Gasteiger partial charge is 0.247 e. The summed E-state index contributed by atoms with van der Waals surface area (Å²) in [4.78, 5) is 15.6. The molecule has 1 aromatic carbocycles. The van der Waals surface area contributed by atoms with Crippen molar-refractivity contribution in [2.45, 2.75) is 19.4 Å². The van der Waals surface area contributed by atoms with Crippen molar-refractivity contribution in [1.82, 2.24) is 0 Å². The molecule has 4 nitrogen and oxygen atoms in total. The van der Waals surface area contributed by atoms with Crippen molar-refractivity contribution in [3.05, 3.63) is 24.3 Å². The molecular weight excluding hydrogens is 214 g/mol. The summed E-state index contributed by atoms with van der Waals surface area (Å²) in [6, 6.07) is 9.84. The van der Waals surface area contributed by atoms with Crippen LogP contribution >= 0.6 is 0 Å². The van der Waals surface area contributed by atoms with Gasteiger partial charge in [0.15, 0.2) is 0 Å². The molecule has 0 radical (unpaired) electrons. The number of hydrogen-bond donors (Lipinski definition) is 0. The molecule has 0 atom stereocenters. The van der Waals surface area contributed by atoms with Crippen LogP contribution in [-0.2, 0) is 4.79 Å². The van der Waals surface area contributed by atoms with Gasteiger partial charge in [0.1, 0.15) is 5.54 Å². The molecule has 1 heterocycles. The Bertz CT molecular complexity index is 502. The van der Waals surface area contributed by atoms with Gasteiger partial charge in [0, 0.05) is 7.05 Å². The molecule has 0 aromatic heterocycles. The number of para-hydroxylation sites is 2. The van der Waals surface area contributed by atoms with Crippen molar-refractivity contribution in [2.24, 2.45) is 0 Å². The lowest BCUT2D eigenvalue weighted by atomic mass is 10.0. The molecule has 0 saturated heterocycles. The molecule has 17 heavy (non-hydrogen) atoms. The number of carbonyl (C=O) groups is 1. The molecule has 0 unspecified atom stereocenters. The van der Waals surface area contributed by atoms with E-state index in [1.807, 2.05) is 36.2 Å². The lowest BCUT2D eigenvalue weighted by Crippen LogP contribution is -2.53. The molecule has 0 N–H and O–H groups in total. The van der Waals surface area contributed by atoms with Gasteiger partial charge in [-0.25, -0.2) is 0 Å². The van der Waals surface area contributed by atoms with Gasteiger partial charge in [0.05, 0.1) is 24.0 Å². The van der Waals surface area contributed by atoms with Gasteiger partial charge in [0.25, 0.3) is 0 Å². The number of anilines is 2. The van der Waals surface area contributed by atoms with Crippen molar-refractivity contribution >= 4 is 17.3 Å². The Kier molecular flexibility index (Phi) is 2.55. The van der Waals surface area contributed by atoms with Gasteiger partial charge in [-0.3, -0.25) is 9.69 Å². The van der Waals surface area contributed by atoms with Gasteiger partial charge in [0.2, 0.25) is 5.91 Å². The van der Waals surface area contributed by atoms with E-state index in [2.05, 4.69) is 6.07 Å². The molecule has 1 amide bonds. The van der Waals surface area contributed by atoms with E-state index in [4.69, 9.17) is 0 Å². The van der Waals surface area contributed by atoms with E-state index in [9.17, 15) is 10.1 Å². The van der Waals surface area contributed by atoms with Crippen LogP contribution in [0.1, 0.15) is 13.8 Å². The lowest BCUT2D eigenvalue weighted by molar-refractivity contribution is -0.118. The predicted molar refractivity (Wildman–Crippen MR) is 66.9 cm³/mol. The van der Waals surface area contributed by atoms with Crippen LogP contribution in [0.4, 0.5) is 11.4 Å². The number of benzene rings is 1. The van der Waals surface area contributed by atoms with Gasteiger partial charge < -0.3 is 4.90 Å². The second kappa shape index (κ2) is 3.77. The number of amides is 1. The Balaban J connectivity index is 2.59. The SMILES string of the molecule is CN1CC(=O)N(C(C)(C)C#N)c2ccccc21. The molecule has 2 rings (SSSR count). The highest BCUT2D eigenvalue weighted by Gasteiger charge is 2.37. The first-order valence-electron chi connectivity index (χ1n) is 5.52. The van der Waals surface area contributed by atoms with Crippen LogP contribution in [0.3, 0.4) is 0 Å². The summed E-state index contributed by atoms with van der Waals surface area (Å²) in [6.45, 7) is 3.82. The average Bonchev–Trinajstić information content (AvgIpc) is 2.29. The maximum absolute atomic E-state index is 12.1. The average molecular weight is 229 g/mol. The van der Waals surface area contributed by atoms with E-state index in [1.165, 1.54) is 0 Å². The topological polar surface area (TPSA) is 47.3 Å². The first-order valence-corrected chi connectivity index (χ1v) is 5.52. The summed E-state index contributed by atoms with van der Waals surface area (Å²) < 4.78 is 0. The first-order chi connectivity index (χ1) is 7.97. The van der Waals surface area contributed by atoms with Crippen LogP contribution in [-0.4, -0.2) is 25.0 Å². The fraction of sp³-hybridized carbons (Fsp3) is 0.385. The summed E-state index contributed by atoms with van der Waals surface area (Å²) >= 11 is 0. The molecule has 1 aliphatic rings. The second-order valence-corrected chi connectivity index (χ2v) is 4.74. The maximum Gasteiger partial charge on any atom is 0.247 e. The summed E-state index contributed by atoms with van der Waals surface area (Å²) in [5, 5.41) is 9.20. The Morgan fingerprint density at radius 1 is 1.29 bits per heavy atom. The third-order valence-corrected chi connectivity index (χ3v) is 2.99. The Labute approximate surface area is 101 Å². The second-order valence-electron chi connectivity index (χ2n) is 4.74. The van der Waals surface area contributed by atoms with Gasteiger partial charge in [-0.15, -0.1) is 0 Å². The number of nitriles is 1. The van der Waals surface area contributed by atoms with Crippen LogP contribution in [0.5, 0.6) is 0 Å². The van der Waals surface area contributed by atoms with E-state index in [0.29, 0.717) is 6.54 Å². The summed E-state index contributed by atoms with van der Waals surface area (Å²) in [7, 11) is 1.88. The Morgan fingerprint density at radius 2 is 1.88 bits per heavy atom. The van der Waals surface area contributed by atoms with Crippen molar-refractivity contribution < 1.29 is 4.79 Å². The van der Waals surface area contributed by atoms with E-state index in [1.54, 1.807) is 18.7 Å². The summed E-state index contributed by atoms with van der Waals surface area (Å²) in [5.41, 5.74) is 0.960. The summed E-state index contributed by atoms with van der Waals surface area (Å²) in [6.07, 6.45) is 0. The minimum absolute atomic E-state index is 0.0437. The van der Waals surface area contributed by atoms with Crippen molar-refractivity contribution in [1.29, 1.82) is 5.26 Å². The number of likely N-dealkylation sites (N-methyl/N-ethyl adjacent to an activating group) is 1. The standard InChI is InChI=1S/C13H15N3O/c1-13(2,9-14)16-11-7-5-4-6-10(11)15(3)8-12(16)17/h4-7H,8H2,1-3H3. The third kappa shape index (κ3) is 1.74. The fourth-order valence-corrected chi connectivity index (χ4v) is 2.13. The number of hydrogen-bond acceptors (Lipinski definition) is 3. The summed E-state index contributed by atoms with van der Waals surface area (Å²) in [5.74, 6) is -0.0437. The minimum atomic E-state index is -0.825. The predicted octanol–water partition coefficient (Wildman–Crippen LogP) is 1.77. The van der Waals surface area contributed by atoms with E-state index in [-0.39, 0.29) is 5.91 Å². The van der Waals surface area contributed by atoms with E-state index < -0.39 is 5.54 Å². The van der Waals surface area contributed by atoms with Gasteiger partial charge >= 0.3 is 0 Å². The van der Waals surface area contributed by atoms with Gasteiger partial charge in [-0.1, -0.05) is 12.1 Å². The molecule has 0 aliphatic carbocycles. The van der Waals surface area contributed by atoms with Gasteiger partial charge in [-0.2, -0.15) is 5.26 Å². The maximum atomic E-state index is 12.1. The normalized spacial score (nSPS) is 15.5. The quantitative estimate of drug-likeness (QED) is 0.737. The molecule has 0 saturated carbocycles. The lowest BCUT2D eigenvalue weighted by Gasteiger charge is -2.40. The van der Waals surface area contributed by atoms with Gasteiger partial charge in [-0.05, 0) is 26.0 Å². The zero-order valence-electron chi connectivity index (χ0n) is 10.3. The molecule has 88 valence electrons. The third-order valence-electron chi connectivity index (χ3n) is 2.99. The molecule has 1 aliphatic heterocycles. The highest BCUT2D eigenvalue weighted by Crippen LogP contribution is 2.36. The minimum Gasteiger partial charge on any atom is -0.364 e. The molecule has 4 heteroatoms.